The molecular formula is C7H13N3O. The summed E-state index contributed by atoms with van der Waals surface area (Å²) < 4.78 is 0. The summed E-state index contributed by atoms with van der Waals surface area (Å²) in [5.74, 6) is 0.573. The summed E-state index contributed by atoms with van der Waals surface area (Å²) in [5.41, 5.74) is 6.60. The lowest BCUT2D eigenvalue weighted by Crippen LogP contribution is -2.08. The van der Waals surface area contributed by atoms with Gasteiger partial charge >= 0.3 is 0 Å². The number of aromatic nitrogens is 2. The Kier molecular flexibility index (Phi) is 2.62. The van der Waals surface area contributed by atoms with Crippen LogP contribution in [-0.2, 0) is 6.61 Å². The van der Waals surface area contributed by atoms with E-state index in [0.29, 0.717) is 5.82 Å². The molecule has 4 N–H and O–H groups in total. The van der Waals surface area contributed by atoms with Crippen LogP contribution in [0.3, 0.4) is 0 Å². The second kappa shape index (κ2) is 3.50. The van der Waals surface area contributed by atoms with Crippen molar-refractivity contribution in [1.82, 2.24) is 9.97 Å². The van der Waals surface area contributed by atoms with Gasteiger partial charge in [0, 0.05) is 12.2 Å². The Morgan fingerprint density at radius 3 is 3.00 bits per heavy atom. The molecule has 1 atom stereocenters. The third-order valence-corrected chi connectivity index (χ3v) is 1.64. The molecule has 1 rings (SSSR count). The smallest absolute Gasteiger partial charge is 0.132 e. The summed E-state index contributed by atoms with van der Waals surface area (Å²) in [5, 5.41) is 8.67. The Balaban J connectivity index is 2.71. The molecule has 1 aromatic rings. The molecular weight excluding hydrogens is 142 g/mol. The number of rotatable bonds is 3. The average molecular weight is 155 g/mol. The number of nitrogens with zero attached hydrogens (tertiary/aromatic N) is 1. The van der Waals surface area contributed by atoms with Gasteiger partial charge in [0.2, 0.25) is 0 Å². The highest BCUT2D eigenvalue weighted by Gasteiger charge is 2.05. The van der Waals surface area contributed by atoms with E-state index in [-0.39, 0.29) is 12.6 Å². The van der Waals surface area contributed by atoms with E-state index in [9.17, 15) is 0 Å². The van der Waals surface area contributed by atoms with Crippen LogP contribution >= 0.6 is 0 Å². The van der Waals surface area contributed by atoms with E-state index in [2.05, 4.69) is 9.97 Å². The van der Waals surface area contributed by atoms with Crippen LogP contribution in [0.15, 0.2) is 6.20 Å². The van der Waals surface area contributed by atoms with Crippen LogP contribution in [0.2, 0.25) is 0 Å². The number of aromatic amines is 1. The van der Waals surface area contributed by atoms with Crippen LogP contribution in [0, 0.1) is 0 Å². The Labute approximate surface area is 65.5 Å². The highest BCUT2D eigenvalue weighted by atomic mass is 16.3. The summed E-state index contributed by atoms with van der Waals surface area (Å²) in [6, 6.07) is 0.00259. The minimum atomic E-state index is -0.0591. The lowest BCUT2D eigenvalue weighted by Gasteiger charge is -2.03. The number of hydrogen-bond donors (Lipinski definition) is 3. The minimum Gasteiger partial charge on any atom is -0.388 e. The van der Waals surface area contributed by atoms with E-state index < -0.39 is 0 Å². The molecule has 0 radical (unpaired) electrons. The van der Waals surface area contributed by atoms with Crippen molar-refractivity contribution in [2.45, 2.75) is 26.0 Å². The van der Waals surface area contributed by atoms with Crippen LogP contribution in [0.4, 0.5) is 0 Å². The van der Waals surface area contributed by atoms with Gasteiger partial charge in [0.05, 0.1) is 5.69 Å². The van der Waals surface area contributed by atoms with E-state index in [0.717, 1.165) is 12.1 Å². The molecule has 62 valence electrons. The molecule has 0 aliphatic rings. The topological polar surface area (TPSA) is 74.9 Å². The van der Waals surface area contributed by atoms with Gasteiger partial charge in [0.1, 0.15) is 12.4 Å². The van der Waals surface area contributed by atoms with Crippen molar-refractivity contribution in [2.75, 3.05) is 0 Å². The molecule has 0 saturated carbocycles. The zero-order valence-electron chi connectivity index (χ0n) is 6.54. The van der Waals surface area contributed by atoms with Gasteiger partial charge in [-0.25, -0.2) is 4.98 Å². The molecule has 0 amide bonds. The predicted molar refractivity (Wildman–Crippen MR) is 41.7 cm³/mol. The van der Waals surface area contributed by atoms with Crippen molar-refractivity contribution in [1.29, 1.82) is 0 Å². The highest BCUT2D eigenvalue weighted by molar-refractivity contribution is 5.05. The molecule has 1 aromatic heterocycles. The van der Waals surface area contributed by atoms with Gasteiger partial charge in [-0.3, -0.25) is 0 Å². The molecule has 0 aromatic carbocycles. The van der Waals surface area contributed by atoms with Gasteiger partial charge in [-0.2, -0.15) is 0 Å². The van der Waals surface area contributed by atoms with Crippen LogP contribution in [0.5, 0.6) is 0 Å². The minimum absolute atomic E-state index is 0.00259. The van der Waals surface area contributed by atoms with Gasteiger partial charge < -0.3 is 15.8 Å². The molecule has 0 fully saturated rings. The summed E-state index contributed by atoms with van der Waals surface area (Å²) >= 11 is 0. The molecule has 0 saturated heterocycles. The summed E-state index contributed by atoms with van der Waals surface area (Å²) in [6.45, 7) is 1.94. The number of H-pyrrole nitrogens is 1. The standard InChI is InChI=1S/C7H13N3O/c1-2-5(8)6-3-9-7(4-11)10-6/h3,5,11H,2,4,8H2,1H3,(H,9,10). The maximum atomic E-state index is 8.67. The normalized spacial score (nSPS) is 13.4. The number of aliphatic hydroxyl groups is 1. The van der Waals surface area contributed by atoms with E-state index in [1.807, 2.05) is 6.92 Å². The lowest BCUT2D eigenvalue weighted by atomic mass is 10.2. The Morgan fingerprint density at radius 2 is 2.55 bits per heavy atom. The van der Waals surface area contributed by atoms with Crippen molar-refractivity contribution < 1.29 is 5.11 Å². The number of nitrogens with one attached hydrogen (secondary N) is 1. The lowest BCUT2D eigenvalue weighted by molar-refractivity contribution is 0.272. The number of nitrogens with two attached hydrogens (primary N) is 1. The van der Waals surface area contributed by atoms with Crippen LogP contribution in [-0.4, -0.2) is 15.1 Å². The second-order valence-electron chi connectivity index (χ2n) is 2.46. The van der Waals surface area contributed by atoms with Gasteiger partial charge in [-0.1, -0.05) is 6.92 Å². The molecule has 0 aliphatic carbocycles. The first kappa shape index (κ1) is 8.23. The highest BCUT2D eigenvalue weighted by Crippen LogP contribution is 2.09. The molecule has 1 heterocycles. The molecule has 0 spiro atoms. The quantitative estimate of drug-likeness (QED) is 0.588. The molecule has 11 heavy (non-hydrogen) atoms. The van der Waals surface area contributed by atoms with Crippen molar-refractivity contribution in [3.05, 3.63) is 17.7 Å². The fourth-order valence-electron chi connectivity index (χ4n) is 0.867. The Hall–Kier alpha value is -0.870. The maximum Gasteiger partial charge on any atom is 0.132 e. The second-order valence-corrected chi connectivity index (χ2v) is 2.46. The molecule has 0 bridgehead atoms. The largest absolute Gasteiger partial charge is 0.388 e. The third kappa shape index (κ3) is 1.78. The maximum absolute atomic E-state index is 8.67. The van der Waals surface area contributed by atoms with Crippen LogP contribution in [0.25, 0.3) is 0 Å². The first-order valence-electron chi connectivity index (χ1n) is 3.68. The van der Waals surface area contributed by atoms with Gasteiger partial charge in [-0.05, 0) is 6.42 Å². The zero-order chi connectivity index (χ0) is 8.27. The van der Waals surface area contributed by atoms with Crippen molar-refractivity contribution >= 4 is 0 Å². The molecule has 4 nitrogen and oxygen atoms in total. The van der Waals surface area contributed by atoms with Crippen molar-refractivity contribution in [3.63, 3.8) is 0 Å². The first-order valence-corrected chi connectivity index (χ1v) is 3.68. The summed E-state index contributed by atoms with van der Waals surface area (Å²) in [6.07, 6.45) is 2.53. The van der Waals surface area contributed by atoms with Gasteiger partial charge in [-0.15, -0.1) is 0 Å². The van der Waals surface area contributed by atoms with E-state index in [1.54, 1.807) is 6.20 Å². The summed E-state index contributed by atoms with van der Waals surface area (Å²) in [4.78, 5) is 6.85. The Morgan fingerprint density at radius 1 is 1.82 bits per heavy atom. The van der Waals surface area contributed by atoms with Crippen molar-refractivity contribution in [2.24, 2.45) is 5.73 Å². The van der Waals surface area contributed by atoms with Crippen molar-refractivity contribution in [3.8, 4) is 0 Å². The van der Waals surface area contributed by atoms with Gasteiger partial charge in [0.15, 0.2) is 0 Å². The zero-order valence-corrected chi connectivity index (χ0v) is 6.54. The Bertz CT molecular complexity index is 221. The monoisotopic (exact) mass is 155 g/mol. The molecule has 0 aliphatic heterocycles. The fourth-order valence-corrected chi connectivity index (χ4v) is 0.867. The summed E-state index contributed by atoms with van der Waals surface area (Å²) in [7, 11) is 0. The van der Waals surface area contributed by atoms with Gasteiger partial charge in [0.25, 0.3) is 0 Å². The average Bonchev–Trinajstić information content (AvgIpc) is 2.50. The predicted octanol–water partition coefficient (Wildman–Crippen LogP) is 0.312. The molecule has 4 heteroatoms. The van der Waals surface area contributed by atoms with Crippen LogP contribution in [0.1, 0.15) is 30.9 Å². The number of hydrogen-bond acceptors (Lipinski definition) is 3. The van der Waals surface area contributed by atoms with E-state index in [4.69, 9.17) is 10.8 Å². The van der Waals surface area contributed by atoms with E-state index >= 15 is 0 Å². The number of aliphatic hydroxyl groups excluding tert-OH is 1. The fraction of sp³-hybridized carbons (Fsp3) is 0.571. The first-order chi connectivity index (χ1) is 5.27. The van der Waals surface area contributed by atoms with Crippen LogP contribution < -0.4 is 5.73 Å². The SMILES string of the molecule is CCC(N)c1cnc(CO)[nH]1. The van der Waals surface area contributed by atoms with E-state index in [1.165, 1.54) is 0 Å². The third-order valence-electron chi connectivity index (χ3n) is 1.64. The number of imidazole rings is 1. The molecule has 1 unspecified atom stereocenters.